The van der Waals surface area contributed by atoms with Gasteiger partial charge in [-0.3, -0.25) is 0 Å². The first kappa shape index (κ1) is 14.6. The van der Waals surface area contributed by atoms with Crippen molar-refractivity contribution < 1.29 is 9.84 Å². The number of rotatable bonds is 1. The zero-order valence-electron chi connectivity index (χ0n) is 14.3. The number of hydrogen-bond donors (Lipinski definition) is 1. The monoisotopic (exact) mass is 300 g/mol. The van der Waals surface area contributed by atoms with Crippen LogP contribution in [0.3, 0.4) is 0 Å². The third-order valence-corrected chi connectivity index (χ3v) is 6.81. The first-order valence-corrected chi connectivity index (χ1v) is 8.84. The predicted octanol–water partition coefficient (Wildman–Crippen LogP) is 4.53. The highest BCUT2D eigenvalue weighted by atomic mass is 16.5. The van der Waals surface area contributed by atoms with Crippen molar-refractivity contribution in [2.75, 3.05) is 6.61 Å². The minimum atomic E-state index is 0.207. The summed E-state index contributed by atoms with van der Waals surface area (Å²) in [6.07, 6.45) is 5.16. The highest BCUT2D eigenvalue weighted by Gasteiger charge is 2.59. The lowest BCUT2D eigenvalue weighted by Crippen LogP contribution is -2.52. The van der Waals surface area contributed by atoms with Crippen LogP contribution < -0.4 is 0 Å². The van der Waals surface area contributed by atoms with E-state index in [2.05, 4.69) is 33.8 Å². The van der Waals surface area contributed by atoms with E-state index in [-0.39, 0.29) is 5.41 Å². The molecular formula is C20H28O2. The molecule has 2 nitrogen and oxygen atoms in total. The third-order valence-electron chi connectivity index (χ3n) is 6.81. The van der Waals surface area contributed by atoms with Gasteiger partial charge in [-0.25, -0.2) is 0 Å². The fourth-order valence-corrected chi connectivity index (χ4v) is 6.09. The first-order valence-electron chi connectivity index (χ1n) is 8.84. The van der Waals surface area contributed by atoms with Gasteiger partial charge < -0.3 is 9.84 Å². The Labute approximate surface area is 133 Å². The van der Waals surface area contributed by atoms with Crippen LogP contribution in [0.5, 0.6) is 5.75 Å². The minimum absolute atomic E-state index is 0.207. The Bertz CT molecular complexity index is 620. The molecule has 0 bridgehead atoms. The van der Waals surface area contributed by atoms with Crippen molar-refractivity contribution in [1.29, 1.82) is 0 Å². The van der Waals surface area contributed by atoms with Crippen LogP contribution in [0.25, 0.3) is 0 Å². The highest BCUT2D eigenvalue weighted by molar-refractivity contribution is 5.52. The van der Waals surface area contributed by atoms with E-state index in [0.29, 0.717) is 29.1 Å². The number of phenolic OH excluding ortho intramolecular Hbond substituents is 1. The molecular weight excluding hydrogens is 272 g/mol. The second-order valence-electron chi connectivity index (χ2n) is 8.64. The van der Waals surface area contributed by atoms with Gasteiger partial charge in [0.1, 0.15) is 5.75 Å². The molecule has 22 heavy (non-hydrogen) atoms. The SMILES string of the molecule is CC(C)c1c(O)ccc2c1C[C@@H]1OC[C@]3(C)CCC[C@@]2(C)[C@H]13. The van der Waals surface area contributed by atoms with Crippen LogP contribution in [0.1, 0.15) is 69.6 Å². The molecule has 0 radical (unpaired) electrons. The second kappa shape index (κ2) is 4.50. The summed E-state index contributed by atoms with van der Waals surface area (Å²) in [5.74, 6) is 1.45. The van der Waals surface area contributed by atoms with E-state index < -0.39 is 0 Å². The predicted molar refractivity (Wildman–Crippen MR) is 88.4 cm³/mol. The maximum atomic E-state index is 10.4. The average molecular weight is 300 g/mol. The number of fused-ring (bicyclic) bond motifs is 2. The van der Waals surface area contributed by atoms with E-state index in [0.717, 1.165) is 18.6 Å². The van der Waals surface area contributed by atoms with E-state index in [1.807, 2.05) is 6.07 Å². The molecule has 1 N–H and O–H groups in total. The lowest BCUT2D eigenvalue weighted by atomic mass is 9.50. The van der Waals surface area contributed by atoms with Gasteiger partial charge in [0.2, 0.25) is 0 Å². The fraction of sp³-hybridized carbons (Fsp3) is 0.700. The molecule has 3 aliphatic rings. The standard InChI is InChI=1S/C20H28O2/c1-12(2)17-13-10-16-18-19(3,11-22-16)8-5-9-20(18,4)14(13)6-7-15(17)21/h6-7,12,16,18,21H,5,8-11H2,1-4H3/t16-,18+,19-,20+/m0/s1. The zero-order chi connectivity index (χ0) is 15.7. The number of phenols is 1. The molecule has 1 saturated carbocycles. The van der Waals surface area contributed by atoms with Gasteiger partial charge >= 0.3 is 0 Å². The summed E-state index contributed by atoms with van der Waals surface area (Å²) in [4.78, 5) is 0. The van der Waals surface area contributed by atoms with Gasteiger partial charge in [-0.1, -0.05) is 40.2 Å². The summed E-state index contributed by atoms with van der Waals surface area (Å²) in [6.45, 7) is 10.2. The third kappa shape index (κ3) is 1.71. The molecule has 1 aromatic rings. The van der Waals surface area contributed by atoms with Gasteiger partial charge in [-0.15, -0.1) is 0 Å². The number of hydrogen-bond acceptors (Lipinski definition) is 2. The van der Waals surface area contributed by atoms with Crippen molar-refractivity contribution in [3.63, 3.8) is 0 Å². The molecule has 2 heteroatoms. The van der Waals surface area contributed by atoms with E-state index in [4.69, 9.17) is 4.74 Å². The summed E-state index contributed by atoms with van der Waals surface area (Å²) in [5, 5.41) is 10.4. The Morgan fingerprint density at radius 2 is 2.00 bits per heavy atom. The molecule has 2 fully saturated rings. The number of benzene rings is 1. The second-order valence-corrected chi connectivity index (χ2v) is 8.64. The van der Waals surface area contributed by atoms with Crippen molar-refractivity contribution >= 4 is 0 Å². The Balaban J connectivity index is 1.94. The van der Waals surface area contributed by atoms with Crippen molar-refractivity contribution in [3.05, 3.63) is 28.8 Å². The quantitative estimate of drug-likeness (QED) is 0.825. The smallest absolute Gasteiger partial charge is 0.119 e. The van der Waals surface area contributed by atoms with Crippen LogP contribution in [-0.4, -0.2) is 17.8 Å². The van der Waals surface area contributed by atoms with Crippen LogP contribution in [0.2, 0.25) is 0 Å². The Morgan fingerprint density at radius 3 is 2.73 bits per heavy atom. The van der Waals surface area contributed by atoms with Crippen molar-refractivity contribution in [3.8, 4) is 5.75 Å². The molecule has 1 heterocycles. The maximum absolute atomic E-state index is 10.4. The molecule has 4 rings (SSSR count). The minimum Gasteiger partial charge on any atom is -0.508 e. The molecule has 1 saturated heterocycles. The molecule has 0 aromatic heterocycles. The largest absolute Gasteiger partial charge is 0.508 e. The van der Waals surface area contributed by atoms with E-state index in [1.54, 1.807) is 0 Å². The number of ether oxygens (including phenoxy) is 1. The molecule has 1 aromatic carbocycles. The molecule has 4 atom stereocenters. The van der Waals surface area contributed by atoms with Gasteiger partial charge in [0.05, 0.1) is 12.7 Å². The van der Waals surface area contributed by atoms with Crippen molar-refractivity contribution in [2.45, 2.75) is 70.8 Å². The lowest BCUT2D eigenvalue weighted by molar-refractivity contribution is 0.0370. The van der Waals surface area contributed by atoms with Crippen molar-refractivity contribution in [2.24, 2.45) is 11.3 Å². The average Bonchev–Trinajstić information content (AvgIpc) is 2.77. The summed E-state index contributed by atoms with van der Waals surface area (Å²) in [5.41, 5.74) is 4.57. The first-order chi connectivity index (χ1) is 10.4. The fourth-order valence-electron chi connectivity index (χ4n) is 6.09. The van der Waals surface area contributed by atoms with Crippen LogP contribution in [-0.2, 0) is 16.6 Å². The molecule has 2 aliphatic carbocycles. The molecule has 0 unspecified atom stereocenters. The Morgan fingerprint density at radius 1 is 1.23 bits per heavy atom. The van der Waals surface area contributed by atoms with E-state index >= 15 is 0 Å². The van der Waals surface area contributed by atoms with Gasteiger partial charge in [0.15, 0.2) is 0 Å². The topological polar surface area (TPSA) is 29.5 Å². The van der Waals surface area contributed by atoms with Gasteiger partial charge in [0.25, 0.3) is 0 Å². The van der Waals surface area contributed by atoms with Gasteiger partial charge in [-0.2, -0.15) is 0 Å². The highest BCUT2D eigenvalue weighted by Crippen LogP contribution is 2.61. The molecule has 0 spiro atoms. The molecule has 120 valence electrons. The summed E-state index contributed by atoms with van der Waals surface area (Å²) >= 11 is 0. The summed E-state index contributed by atoms with van der Waals surface area (Å²) in [7, 11) is 0. The summed E-state index contributed by atoms with van der Waals surface area (Å²) in [6, 6.07) is 4.14. The normalized spacial score (nSPS) is 39.7. The number of aromatic hydroxyl groups is 1. The summed E-state index contributed by atoms with van der Waals surface area (Å²) < 4.78 is 6.29. The maximum Gasteiger partial charge on any atom is 0.119 e. The molecule has 1 aliphatic heterocycles. The van der Waals surface area contributed by atoms with Crippen molar-refractivity contribution in [1.82, 2.24) is 0 Å². The molecule has 0 amide bonds. The van der Waals surface area contributed by atoms with Crippen LogP contribution in [0, 0.1) is 11.3 Å². The Kier molecular flexibility index (Phi) is 2.98. The lowest BCUT2D eigenvalue weighted by Gasteiger charge is -2.53. The van der Waals surface area contributed by atoms with Crippen LogP contribution >= 0.6 is 0 Å². The Hall–Kier alpha value is -1.02. The van der Waals surface area contributed by atoms with Gasteiger partial charge in [-0.05, 0) is 58.8 Å². The van der Waals surface area contributed by atoms with E-state index in [9.17, 15) is 5.11 Å². The van der Waals surface area contributed by atoms with Crippen LogP contribution in [0.15, 0.2) is 12.1 Å². The van der Waals surface area contributed by atoms with Crippen LogP contribution in [0.4, 0.5) is 0 Å². The zero-order valence-corrected chi connectivity index (χ0v) is 14.3. The van der Waals surface area contributed by atoms with Gasteiger partial charge in [0, 0.05) is 5.92 Å². The van der Waals surface area contributed by atoms with E-state index in [1.165, 1.54) is 30.4 Å².